The van der Waals surface area contributed by atoms with Crippen LogP contribution in [0.1, 0.15) is 71.0 Å². The molecule has 0 bridgehead atoms. The molecule has 2 aromatic rings. The second-order valence-electron chi connectivity index (χ2n) is 10.4. The molecule has 0 saturated carbocycles. The zero-order valence-electron chi connectivity index (χ0n) is 18.9. The van der Waals surface area contributed by atoms with E-state index >= 15 is 0 Å². The summed E-state index contributed by atoms with van der Waals surface area (Å²) >= 11 is -2.11. The van der Waals surface area contributed by atoms with E-state index in [0.717, 1.165) is 0 Å². The van der Waals surface area contributed by atoms with Gasteiger partial charge in [-0.15, -0.1) is 0 Å². The molecule has 2 aromatic carbocycles. The van der Waals surface area contributed by atoms with Crippen LogP contribution in [0.5, 0.6) is 0 Å². The van der Waals surface area contributed by atoms with Crippen LogP contribution in [0.2, 0.25) is 0 Å². The minimum Gasteiger partial charge on any atom is -1.00 e. The molecule has 0 aromatic heterocycles. The molecule has 0 radical (unpaired) electrons. The normalized spacial score (nSPS) is 19.4. The minimum atomic E-state index is -2.11. The van der Waals surface area contributed by atoms with Gasteiger partial charge in [0.15, 0.2) is 0 Å². The molecule has 2 aliphatic rings. The van der Waals surface area contributed by atoms with E-state index in [0.29, 0.717) is 7.25 Å². The van der Waals surface area contributed by atoms with Gasteiger partial charge in [0.05, 0.1) is 0 Å². The summed E-state index contributed by atoms with van der Waals surface area (Å²) < 4.78 is 6.05. The Kier molecular flexibility index (Phi) is 7.66. The van der Waals surface area contributed by atoms with E-state index in [-0.39, 0.29) is 35.6 Å². The topological polar surface area (TPSA) is 0 Å². The largest absolute Gasteiger partial charge is 1.00 e. The maximum Gasteiger partial charge on any atom is -1.00 e. The van der Waals surface area contributed by atoms with Crippen LogP contribution in [0, 0.1) is 10.8 Å². The van der Waals surface area contributed by atoms with E-state index in [1.165, 1.54) is 33.4 Å². The van der Waals surface area contributed by atoms with Crippen molar-refractivity contribution in [2.45, 2.75) is 48.8 Å². The van der Waals surface area contributed by atoms with Crippen molar-refractivity contribution in [1.29, 1.82) is 0 Å². The fraction of sp³-hybridized carbons (Fsp3) is 0.370. The maximum atomic E-state index is 4.94. The summed E-state index contributed by atoms with van der Waals surface area (Å²) in [6.45, 7) is 14.0. The first kappa shape index (κ1) is 25.5. The van der Waals surface area contributed by atoms with Gasteiger partial charge in [0, 0.05) is 0 Å². The Bertz CT molecular complexity index is 934. The van der Waals surface area contributed by atoms with Crippen molar-refractivity contribution in [1.82, 2.24) is 0 Å². The number of hydrogen-bond acceptors (Lipinski definition) is 0. The van der Waals surface area contributed by atoms with Gasteiger partial charge in [-0.3, -0.25) is 0 Å². The van der Waals surface area contributed by atoms with Crippen LogP contribution >= 0.6 is 0 Å². The molecule has 0 fully saturated rings. The Balaban J connectivity index is 0.00000160. The molecule has 0 nitrogen and oxygen atoms in total. The quantitative estimate of drug-likeness (QED) is 0.564. The standard InChI is InChI=1S/2C13H15.CH2.2ClH.Zr/c2*1-13(2,3)12-9-8-10-6-4-5-7-11(10)12;;;;/h2*4-9H,1-3H3;1H2;2*1H;/q;;;;;+2/p-2. The molecular formula is C27H32Cl2Zr. The molecule has 3 heteroatoms. The van der Waals surface area contributed by atoms with Crippen LogP contribution in [0.15, 0.2) is 60.7 Å². The fourth-order valence-electron chi connectivity index (χ4n) is 4.83. The molecule has 0 aliphatic heterocycles. The average Bonchev–Trinajstić information content (AvgIpc) is 3.20. The molecule has 0 N–H and O–H groups in total. The molecule has 0 saturated heterocycles. The van der Waals surface area contributed by atoms with Gasteiger partial charge in [-0.1, -0.05) is 0 Å². The Labute approximate surface area is 202 Å². The Hall–Kier alpha value is -0.747. The van der Waals surface area contributed by atoms with Gasteiger partial charge in [-0.05, 0) is 0 Å². The molecule has 0 spiro atoms. The summed E-state index contributed by atoms with van der Waals surface area (Å²) in [7, 11) is 0. The molecular weight excluding hydrogens is 486 g/mol. The molecule has 158 valence electrons. The Morgan fingerprint density at radius 1 is 0.633 bits per heavy atom. The number of benzene rings is 2. The van der Waals surface area contributed by atoms with Crippen LogP contribution in [0.3, 0.4) is 0 Å². The third-order valence-electron chi connectivity index (χ3n) is 6.25. The number of halogens is 2. The van der Waals surface area contributed by atoms with Crippen LogP contribution in [0.25, 0.3) is 11.1 Å². The molecule has 30 heavy (non-hydrogen) atoms. The summed E-state index contributed by atoms with van der Waals surface area (Å²) in [5, 5.41) is 0. The van der Waals surface area contributed by atoms with Crippen molar-refractivity contribution in [2.24, 2.45) is 10.8 Å². The van der Waals surface area contributed by atoms with Crippen molar-refractivity contribution in [2.75, 3.05) is 0 Å². The molecule has 0 amide bonds. The van der Waals surface area contributed by atoms with Gasteiger partial charge in [-0.25, -0.2) is 0 Å². The average molecular weight is 519 g/mol. The van der Waals surface area contributed by atoms with Crippen molar-refractivity contribution >= 4 is 15.4 Å². The Morgan fingerprint density at radius 2 is 0.967 bits per heavy atom. The van der Waals surface area contributed by atoms with E-state index < -0.39 is 21.3 Å². The number of hydrogen-bond donors (Lipinski definition) is 0. The predicted octanol–water partition coefficient (Wildman–Crippen LogP) is 1.41. The summed E-state index contributed by atoms with van der Waals surface area (Å²) in [6, 6.07) is 18.2. The van der Waals surface area contributed by atoms with Gasteiger partial charge < -0.3 is 24.8 Å². The van der Waals surface area contributed by atoms with E-state index in [4.69, 9.17) is 4.21 Å². The maximum absolute atomic E-state index is 4.94. The SMILES string of the molecule is [CH2]=[Zr+2]([CH]1C=C(C(C)(C)C)c2ccccc21)[CH]1C=C(C(C)(C)C)c2ccccc21.[Cl-].[Cl-]. The van der Waals surface area contributed by atoms with E-state index in [1.54, 1.807) is 0 Å². The summed E-state index contributed by atoms with van der Waals surface area (Å²) in [5.74, 6) is 0. The first-order valence-corrected chi connectivity index (χ1v) is 15.0. The van der Waals surface area contributed by atoms with Crippen LogP contribution in [-0.2, 0) is 21.3 Å². The third kappa shape index (κ3) is 4.41. The van der Waals surface area contributed by atoms with Crippen molar-refractivity contribution in [3.8, 4) is 0 Å². The number of fused-ring (bicyclic) bond motifs is 2. The van der Waals surface area contributed by atoms with E-state index in [9.17, 15) is 0 Å². The monoisotopic (exact) mass is 516 g/mol. The number of allylic oxidation sites excluding steroid dienone is 4. The van der Waals surface area contributed by atoms with Crippen molar-refractivity contribution in [3.05, 3.63) is 82.9 Å². The first-order valence-electron chi connectivity index (χ1n) is 10.4. The second-order valence-corrected chi connectivity index (χ2v) is 16.2. The smallest absolute Gasteiger partial charge is 1.00 e. The van der Waals surface area contributed by atoms with Crippen LogP contribution < -0.4 is 24.8 Å². The molecule has 0 heterocycles. The second kappa shape index (κ2) is 9.01. The zero-order chi connectivity index (χ0) is 20.3. The fourth-order valence-corrected chi connectivity index (χ4v) is 10.9. The van der Waals surface area contributed by atoms with Gasteiger partial charge in [0.1, 0.15) is 0 Å². The summed E-state index contributed by atoms with van der Waals surface area (Å²) in [6.07, 6.45) is 5.19. The third-order valence-corrected chi connectivity index (χ3v) is 12.5. The predicted molar refractivity (Wildman–Crippen MR) is 120 cm³/mol. The van der Waals surface area contributed by atoms with E-state index in [1.807, 2.05) is 0 Å². The van der Waals surface area contributed by atoms with Crippen LogP contribution in [0.4, 0.5) is 0 Å². The van der Waals surface area contributed by atoms with E-state index in [2.05, 4.69) is 102 Å². The minimum absolute atomic E-state index is 0. The van der Waals surface area contributed by atoms with Gasteiger partial charge >= 0.3 is 179 Å². The Morgan fingerprint density at radius 3 is 1.30 bits per heavy atom. The van der Waals surface area contributed by atoms with Gasteiger partial charge in [0.2, 0.25) is 0 Å². The van der Waals surface area contributed by atoms with Crippen molar-refractivity contribution in [3.63, 3.8) is 0 Å². The van der Waals surface area contributed by atoms with Gasteiger partial charge in [-0.2, -0.15) is 0 Å². The van der Waals surface area contributed by atoms with Crippen LogP contribution in [-0.4, -0.2) is 4.21 Å². The molecule has 4 rings (SSSR count). The summed E-state index contributed by atoms with van der Waals surface area (Å²) in [5.41, 5.74) is 9.38. The first-order chi connectivity index (χ1) is 13.1. The van der Waals surface area contributed by atoms with Crippen molar-refractivity contribution < 1.29 is 46.1 Å². The zero-order valence-corrected chi connectivity index (χ0v) is 22.9. The molecule has 2 aliphatic carbocycles. The van der Waals surface area contributed by atoms with Gasteiger partial charge in [0.25, 0.3) is 0 Å². The molecule has 2 unspecified atom stereocenters. The molecule has 2 atom stereocenters. The number of rotatable bonds is 2. The summed E-state index contributed by atoms with van der Waals surface area (Å²) in [4.78, 5) is 0.